The first-order chi connectivity index (χ1) is 11.6. The van der Waals surface area contributed by atoms with Crippen molar-refractivity contribution in [2.75, 3.05) is 31.5 Å². The molecule has 0 unspecified atom stereocenters. The Labute approximate surface area is 155 Å². The van der Waals surface area contributed by atoms with Gasteiger partial charge in [0.1, 0.15) is 0 Å². The molecule has 0 saturated carbocycles. The second-order valence-corrected chi connectivity index (χ2v) is 7.03. The van der Waals surface area contributed by atoms with Crippen molar-refractivity contribution in [3.05, 3.63) is 29.8 Å². The molecule has 2 fully saturated rings. The molecular weight excluding hydrogens is 338 g/mol. The summed E-state index contributed by atoms with van der Waals surface area (Å²) in [5.74, 6) is 0.779. The molecule has 1 aromatic carbocycles. The molecule has 2 N–H and O–H groups in total. The van der Waals surface area contributed by atoms with E-state index in [2.05, 4.69) is 17.6 Å². The Kier molecular flexibility index (Phi) is 7.26. The number of para-hydroxylation sites is 1. The fraction of sp³-hybridized carbons (Fsp3) is 0.579. The lowest BCUT2D eigenvalue weighted by molar-refractivity contribution is -0.120. The summed E-state index contributed by atoms with van der Waals surface area (Å²) < 4.78 is 0. The molecule has 0 aliphatic carbocycles. The minimum Gasteiger partial charge on any atom is -0.339 e. The van der Waals surface area contributed by atoms with Crippen LogP contribution in [-0.4, -0.2) is 42.9 Å². The van der Waals surface area contributed by atoms with Crippen LogP contribution in [0.25, 0.3) is 0 Å². The summed E-state index contributed by atoms with van der Waals surface area (Å²) in [7, 11) is 0. The maximum Gasteiger partial charge on any atom is 0.255 e. The highest BCUT2D eigenvalue weighted by Crippen LogP contribution is 2.23. The van der Waals surface area contributed by atoms with E-state index >= 15 is 0 Å². The van der Waals surface area contributed by atoms with E-state index in [-0.39, 0.29) is 30.1 Å². The first kappa shape index (κ1) is 19.7. The first-order valence-electron chi connectivity index (χ1n) is 9.05. The van der Waals surface area contributed by atoms with E-state index in [0.29, 0.717) is 17.2 Å². The molecule has 0 bridgehead atoms. The maximum atomic E-state index is 12.8. The Balaban J connectivity index is 0.00000225. The van der Waals surface area contributed by atoms with Gasteiger partial charge in [-0.15, -0.1) is 12.4 Å². The van der Waals surface area contributed by atoms with Crippen molar-refractivity contribution >= 4 is 29.9 Å². The number of rotatable bonds is 3. The van der Waals surface area contributed by atoms with Gasteiger partial charge < -0.3 is 15.5 Å². The average molecular weight is 366 g/mol. The molecule has 3 rings (SSSR count). The quantitative estimate of drug-likeness (QED) is 0.865. The predicted octanol–water partition coefficient (Wildman–Crippen LogP) is 2.92. The van der Waals surface area contributed by atoms with Gasteiger partial charge in [0.25, 0.3) is 5.91 Å². The summed E-state index contributed by atoms with van der Waals surface area (Å²) in [6, 6.07) is 7.38. The van der Waals surface area contributed by atoms with Gasteiger partial charge in [-0.2, -0.15) is 0 Å². The van der Waals surface area contributed by atoms with Crippen LogP contribution in [0.3, 0.4) is 0 Å². The van der Waals surface area contributed by atoms with Crippen LogP contribution in [0.5, 0.6) is 0 Å². The summed E-state index contributed by atoms with van der Waals surface area (Å²) in [6.07, 6.45) is 3.81. The predicted molar refractivity (Wildman–Crippen MR) is 102 cm³/mol. The average Bonchev–Trinajstić information content (AvgIpc) is 2.63. The highest BCUT2D eigenvalue weighted by molar-refractivity contribution is 6.04. The molecule has 2 heterocycles. The maximum absolute atomic E-state index is 12.8. The third kappa shape index (κ3) is 4.95. The Morgan fingerprint density at radius 3 is 2.40 bits per heavy atom. The van der Waals surface area contributed by atoms with Gasteiger partial charge in [-0.05, 0) is 56.8 Å². The van der Waals surface area contributed by atoms with Crippen LogP contribution in [0, 0.1) is 11.8 Å². The van der Waals surface area contributed by atoms with E-state index in [1.54, 1.807) is 0 Å². The molecule has 2 amide bonds. The van der Waals surface area contributed by atoms with E-state index in [1.807, 2.05) is 29.2 Å². The number of carbonyl (C=O) groups is 2. The fourth-order valence-corrected chi connectivity index (χ4v) is 3.48. The number of carbonyl (C=O) groups excluding carboxylic acids is 2. The summed E-state index contributed by atoms with van der Waals surface area (Å²) in [5, 5.41) is 6.26. The molecule has 0 radical (unpaired) electrons. The number of hydrogen-bond donors (Lipinski definition) is 2. The molecule has 0 aromatic heterocycles. The smallest absolute Gasteiger partial charge is 0.255 e. The van der Waals surface area contributed by atoms with Crippen LogP contribution in [0.1, 0.15) is 43.0 Å². The summed E-state index contributed by atoms with van der Waals surface area (Å²) in [6.45, 7) is 5.59. The molecular formula is C19H28ClN3O2. The van der Waals surface area contributed by atoms with Gasteiger partial charge in [0.15, 0.2) is 0 Å². The van der Waals surface area contributed by atoms with Gasteiger partial charge in [-0.25, -0.2) is 0 Å². The SMILES string of the molecule is CC1CCN(C(=O)c2ccccc2NC(=O)C2CCNCC2)CC1.Cl. The lowest BCUT2D eigenvalue weighted by Gasteiger charge is -2.31. The van der Waals surface area contributed by atoms with Crippen LogP contribution in [-0.2, 0) is 4.79 Å². The highest BCUT2D eigenvalue weighted by Gasteiger charge is 2.25. The number of hydrogen-bond acceptors (Lipinski definition) is 3. The van der Waals surface area contributed by atoms with E-state index in [1.165, 1.54) is 0 Å². The van der Waals surface area contributed by atoms with E-state index < -0.39 is 0 Å². The van der Waals surface area contributed by atoms with E-state index in [9.17, 15) is 9.59 Å². The largest absolute Gasteiger partial charge is 0.339 e. The first-order valence-corrected chi connectivity index (χ1v) is 9.05. The second-order valence-electron chi connectivity index (χ2n) is 7.03. The minimum atomic E-state index is 0. The van der Waals surface area contributed by atoms with Crippen LogP contribution in [0.2, 0.25) is 0 Å². The molecule has 138 valence electrons. The number of likely N-dealkylation sites (tertiary alicyclic amines) is 1. The second kappa shape index (κ2) is 9.20. The number of nitrogens with zero attached hydrogens (tertiary/aromatic N) is 1. The third-order valence-electron chi connectivity index (χ3n) is 5.20. The van der Waals surface area contributed by atoms with Crippen LogP contribution in [0.4, 0.5) is 5.69 Å². The number of amides is 2. The van der Waals surface area contributed by atoms with Crippen LogP contribution in [0.15, 0.2) is 24.3 Å². The molecule has 1 aromatic rings. The van der Waals surface area contributed by atoms with Crippen LogP contribution < -0.4 is 10.6 Å². The molecule has 0 spiro atoms. The molecule has 2 aliphatic heterocycles. The molecule has 25 heavy (non-hydrogen) atoms. The van der Waals surface area contributed by atoms with Gasteiger partial charge >= 0.3 is 0 Å². The standard InChI is InChI=1S/C19H27N3O2.ClH/c1-14-8-12-22(13-9-14)19(24)16-4-2-3-5-17(16)21-18(23)15-6-10-20-11-7-15;/h2-5,14-15,20H,6-13H2,1H3,(H,21,23);1H. The van der Waals surface area contributed by atoms with Crippen molar-refractivity contribution < 1.29 is 9.59 Å². The molecule has 5 nitrogen and oxygen atoms in total. The Morgan fingerprint density at radius 1 is 1.08 bits per heavy atom. The number of anilines is 1. The van der Waals surface area contributed by atoms with Crippen molar-refractivity contribution in [1.82, 2.24) is 10.2 Å². The van der Waals surface area contributed by atoms with Gasteiger partial charge in [0.2, 0.25) is 5.91 Å². The van der Waals surface area contributed by atoms with Crippen molar-refractivity contribution in [3.63, 3.8) is 0 Å². The Bertz CT molecular complexity index is 594. The fourth-order valence-electron chi connectivity index (χ4n) is 3.48. The Morgan fingerprint density at radius 2 is 1.72 bits per heavy atom. The van der Waals surface area contributed by atoms with Crippen molar-refractivity contribution in [1.29, 1.82) is 0 Å². The third-order valence-corrected chi connectivity index (χ3v) is 5.20. The van der Waals surface area contributed by atoms with Crippen molar-refractivity contribution in [2.45, 2.75) is 32.6 Å². The van der Waals surface area contributed by atoms with Crippen LogP contribution >= 0.6 is 12.4 Å². The van der Waals surface area contributed by atoms with Gasteiger partial charge in [-0.1, -0.05) is 19.1 Å². The summed E-state index contributed by atoms with van der Waals surface area (Å²) >= 11 is 0. The van der Waals surface area contributed by atoms with Gasteiger partial charge in [-0.3, -0.25) is 9.59 Å². The molecule has 6 heteroatoms. The van der Waals surface area contributed by atoms with Gasteiger partial charge in [0, 0.05) is 19.0 Å². The number of benzene rings is 1. The normalized spacial score (nSPS) is 19.2. The minimum absolute atomic E-state index is 0. The lowest BCUT2D eigenvalue weighted by Crippen LogP contribution is -2.38. The number of nitrogens with one attached hydrogen (secondary N) is 2. The zero-order valence-corrected chi connectivity index (χ0v) is 15.6. The molecule has 2 saturated heterocycles. The zero-order chi connectivity index (χ0) is 16.9. The molecule has 0 atom stereocenters. The summed E-state index contributed by atoms with van der Waals surface area (Å²) in [4.78, 5) is 27.3. The van der Waals surface area contributed by atoms with E-state index in [4.69, 9.17) is 0 Å². The summed E-state index contributed by atoms with van der Waals surface area (Å²) in [5.41, 5.74) is 1.25. The van der Waals surface area contributed by atoms with Gasteiger partial charge in [0.05, 0.1) is 11.3 Å². The highest BCUT2D eigenvalue weighted by atomic mass is 35.5. The van der Waals surface area contributed by atoms with Crippen molar-refractivity contribution in [3.8, 4) is 0 Å². The topological polar surface area (TPSA) is 61.4 Å². The molecule has 2 aliphatic rings. The lowest BCUT2D eigenvalue weighted by atomic mass is 9.96. The monoisotopic (exact) mass is 365 g/mol. The van der Waals surface area contributed by atoms with E-state index in [0.717, 1.165) is 51.9 Å². The van der Waals surface area contributed by atoms with Crippen molar-refractivity contribution in [2.24, 2.45) is 11.8 Å². The Hall–Kier alpha value is -1.59. The number of halogens is 1. The number of piperidine rings is 2. The zero-order valence-electron chi connectivity index (χ0n) is 14.8.